The fourth-order valence-corrected chi connectivity index (χ4v) is 13.3. The zero-order valence-electron chi connectivity index (χ0n) is 26.2. The van der Waals surface area contributed by atoms with Gasteiger partial charge >= 0.3 is 0 Å². The van der Waals surface area contributed by atoms with Crippen molar-refractivity contribution in [2.45, 2.75) is 13.1 Å². The summed E-state index contributed by atoms with van der Waals surface area (Å²) in [4.78, 5) is 0. The molecule has 6 rings (SSSR count). The van der Waals surface area contributed by atoms with Gasteiger partial charge in [-0.3, -0.25) is 0 Å². The zero-order chi connectivity index (χ0) is 31.2. The summed E-state index contributed by atoms with van der Waals surface area (Å²) in [5, 5.41) is 10.6. The third-order valence-electron chi connectivity index (χ3n) is 8.34. The first-order valence-electron chi connectivity index (χ1n) is 15.2. The minimum absolute atomic E-state index is 0.809. The second-order valence-electron chi connectivity index (χ2n) is 11.4. The normalized spacial score (nSPS) is 11.5. The number of methoxy groups -OCH3 is 2. The first-order valence-corrected chi connectivity index (χ1v) is 20.9. The molecule has 0 heterocycles. The topological polar surface area (TPSA) is 18.5 Å². The Morgan fingerprint density at radius 1 is 0.400 bits per heavy atom. The molecular formula is C40H38O2P2Si. The third kappa shape index (κ3) is 6.54. The molecule has 224 valence electrons. The molecule has 0 aromatic heterocycles. The van der Waals surface area contributed by atoms with Crippen LogP contribution in [0.25, 0.3) is 0 Å². The molecule has 0 N–H and O–H groups in total. The summed E-state index contributed by atoms with van der Waals surface area (Å²) >= 11 is 0. The van der Waals surface area contributed by atoms with Gasteiger partial charge in [0.2, 0.25) is 0 Å². The van der Waals surface area contributed by atoms with E-state index in [1.165, 1.54) is 42.2 Å². The minimum Gasteiger partial charge on any atom is -0.496 e. The Bertz CT molecular complexity index is 1630. The van der Waals surface area contributed by atoms with Crippen LogP contribution in [-0.4, -0.2) is 22.3 Å². The lowest BCUT2D eigenvalue weighted by molar-refractivity contribution is 0.418. The van der Waals surface area contributed by atoms with E-state index in [-0.39, 0.29) is 0 Å². The van der Waals surface area contributed by atoms with E-state index in [2.05, 4.69) is 171 Å². The Morgan fingerprint density at radius 2 is 0.689 bits per heavy atom. The molecule has 0 unspecified atom stereocenters. The second-order valence-corrected chi connectivity index (χ2v) is 20.2. The highest BCUT2D eigenvalue weighted by molar-refractivity contribution is 7.80. The lowest BCUT2D eigenvalue weighted by atomic mass is 10.3. The van der Waals surface area contributed by atoms with Crippen LogP contribution in [0.15, 0.2) is 158 Å². The standard InChI is InChI=1S/C40H38O2P2Si/c1-41-37-27-25-35(29-39(37)43(31-17-9-5-10-18-31)32-19-11-6-12-20-32)45(3,4)36-26-28-38(42-2)40(30-36)44(33-21-13-7-14-22-33)34-23-15-8-16-24-34/h5-30H,1-4H3. The van der Waals surface area contributed by atoms with Crippen LogP contribution in [0.4, 0.5) is 0 Å². The van der Waals surface area contributed by atoms with Crippen LogP contribution in [0.1, 0.15) is 0 Å². The van der Waals surface area contributed by atoms with E-state index >= 15 is 0 Å². The molecule has 0 atom stereocenters. The van der Waals surface area contributed by atoms with Crippen molar-refractivity contribution in [3.8, 4) is 11.5 Å². The molecule has 0 saturated heterocycles. The molecule has 0 saturated carbocycles. The van der Waals surface area contributed by atoms with Crippen LogP contribution in [0.3, 0.4) is 0 Å². The molecule has 0 amide bonds. The summed E-state index contributed by atoms with van der Waals surface area (Å²) in [6, 6.07) is 57.3. The molecule has 0 bridgehead atoms. The van der Waals surface area contributed by atoms with Gasteiger partial charge in [0.25, 0.3) is 0 Å². The molecule has 6 aromatic rings. The van der Waals surface area contributed by atoms with Crippen LogP contribution >= 0.6 is 15.8 Å². The molecule has 0 aliphatic heterocycles. The van der Waals surface area contributed by atoms with Gasteiger partial charge in [-0.1, -0.05) is 169 Å². The molecule has 0 spiro atoms. The van der Waals surface area contributed by atoms with Gasteiger partial charge in [-0.15, -0.1) is 0 Å². The number of ether oxygens (including phenoxy) is 2. The Hall–Kier alpha value is -4.00. The van der Waals surface area contributed by atoms with E-state index in [0.717, 1.165) is 11.5 Å². The van der Waals surface area contributed by atoms with Gasteiger partial charge in [-0.05, 0) is 49.2 Å². The molecule has 45 heavy (non-hydrogen) atoms. The fraction of sp³-hybridized carbons (Fsp3) is 0.100. The summed E-state index contributed by atoms with van der Waals surface area (Å²) in [5.74, 6) is 1.88. The fourth-order valence-electron chi connectivity index (χ4n) is 5.84. The highest BCUT2D eigenvalue weighted by Gasteiger charge is 2.31. The smallest absolute Gasteiger partial charge is 0.127 e. The number of benzene rings is 6. The lowest BCUT2D eigenvalue weighted by Crippen LogP contribution is -2.54. The van der Waals surface area contributed by atoms with Crippen molar-refractivity contribution in [3.63, 3.8) is 0 Å². The van der Waals surface area contributed by atoms with Crippen LogP contribution in [-0.2, 0) is 0 Å². The zero-order valence-corrected chi connectivity index (χ0v) is 29.0. The highest BCUT2D eigenvalue weighted by Crippen LogP contribution is 2.38. The summed E-state index contributed by atoms with van der Waals surface area (Å²) in [5.41, 5.74) is 0. The Morgan fingerprint density at radius 3 is 0.956 bits per heavy atom. The maximum atomic E-state index is 6.04. The van der Waals surface area contributed by atoms with E-state index in [1.807, 2.05) is 0 Å². The van der Waals surface area contributed by atoms with E-state index in [0.29, 0.717) is 0 Å². The quantitative estimate of drug-likeness (QED) is 0.134. The summed E-state index contributed by atoms with van der Waals surface area (Å²) in [6.07, 6.45) is 0. The van der Waals surface area contributed by atoms with Crippen LogP contribution in [0, 0.1) is 0 Å². The lowest BCUT2D eigenvalue weighted by Gasteiger charge is -2.29. The number of rotatable bonds is 10. The van der Waals surface area contributed by atoms with Gasteiger partial charge in [0.1, 0.15) is 19.6 Å². The van der Waals surface area contributed by atoms with Gasteiger partial charge in [-0.25, -0.2) is 0 Å². The van der Waals surface area contributed by atoms with Crippen molar-refractivity contribution in [2.75, 3.05) is 14.2 Å². The van der Waals surface area contributed by atoms with Gasteiger partial charge in [0.15, 0.2) is 0 Å². The maximum Gasteiger partial charge on any atom is 0.127 e. The van der Waals surface area contributed by atoms with Gasteiger partial charge < -0.3 is 9.47 Å². The Balaban J connectivity index is 1.50. The van der Waals surface area contributed by atoms with Crippen molar-refractivity contribution in [1.82, 2.24) is 0 Å². The van der Waals surface area contributed by atoms with E-state index < -0.39 is 23.9 Å². The molecule has 2 nitrogen and oxygen atoms in total. The van der Waals surface area contributed by atoms with E-state index in [4.69, 9.17) is 9.47 Å². The molecule has 0 radical (unpaired) electrons. The van der Waals surface area contributed by atoms with Crippen LogP contribution in [0.5, 0.6) is 11.5 Å². The summed E-state index contributed by atoms with van der Waals surface area (Å²) in [6.45, 7) is 4.93. The minimum atomic E-state index is -2.18. The molecule has 0 aliphatic rings. The molecule has 6 aromatic carbocycles. The second kappa shape index (κ2) is 14.0. The van der Waals surface area contributed by atoms with E-state index in [9.17, 15) is 0 Å². The summed E-state index contributed by atoms with van der Waals surface area (Å²) < 4.78 is 12.1. The van der Waals surface area contributed by atoms with Gasteiger partial charge in [-0.2, -0.15) is 0 Å². The predicted molar refractivity (Wildman–Crippen MR) is 200 cm³/mol. The number of hydrogen-bond donors (Lipinski definition) is 0. The van der Waals surface area contributed by atoms with Crippen molar-refractivity contribution in [2.24, 2.45) is 0 Å². The predicted octanol–water partition coefficient (Wildman–Crippen LogP) is 6.04. The largest absolute Gasteiger partial charge is 0.496 e. The van der Waals surface area contributed by atoms with Crippen molar-refractivity contribution in [1.29, 1.82) is 0 Å². The Labute approximate surface area is 271 Å². The molecule has 0 aliphatic carbocycles. The Kier molecular flexibility index (Phi) is 9.62. The molecule has 0 fully saturated rings. The monoisotopic (exact) mass is 640 g/mol. The summed E-state index contributed by atoms with van der Waals surface area (Å²) in [7, 11) is -0.219. The van der Waals surface area contributed by atoms with Crippen LogP contribution < -0.4 is 51.7 Å². The van der Waals surface area contributed by atoms with Crippen LogP contribution in [0.2, 0.25) is 13.1 Å². The first kappa shape index (κ1) is 31.0. The van der Waals surface area contributed by atoms with Crippen molar-refractivity contribution < 1.29 is 9.47 Å². The van der Waals surface area contributed by atoms with Crippen molar-refractivity contribution >= 4 is 66.1 Å². The average Bonchev–Trinajstić information content (AvgIpc) is 3.10. The highest BCUT2D eigenvalue weighted by atomic mass is 31.1. The number of hydrogen-bond acceptors (Lipinski definition) is 2. The molecular weight excluding hydrogens is 602 g/mol. The van der Waals surface area contributed by atoms with Crippen molar-refractivity contribution in [3.05, 3.63) is 158 Å². The average molecular weight is 641 g/mol. The van der Waals surface area contributed by atoms with Gasteiger partial charge in [0, 0.05) is 10.6 Å². The van der Waals surface area contributed by atoms with Gasteiger partial charge in [0.05, 0.1) is 14.2 Å². The van der Waals surface area contributed by atoms with E-state index in [1.54, 1.807) is 14.2 Å². The maximum absolute atomic E-state index is 6.04. The molecule has 5 heteroatoms. The first-order chi connectivity index (χ1) is 22.0. The SMILES string of the molecule is COc1ccc([Si](C)(C)c2ccc(OC)c(P(c3ccccc3)c3ccccc3)c2)cc1P(c1ccccc1)c1ccccc1. The third-order valence-corrected chi connectivity index (χ3v) is 16.8.